The Kier molecular flexibility index (Phi) is 3.46. The first-order valence-electron chi connectivity index (χ1n) is 13.3. The van der Waals surface area contributed by atoms with Gasteiger partial charge in [-0.15, -0.1) is 0 Å². The SMILES string of the molecule is c1ccc2c(c1)oc1c(-c3ccc4c(c3)-c3nccn3B3N4c4cccc5c6ccccc6n3c45)cccc12. The van der Waals surface area contributed by atoms with E-state index in [0.29, 0.717) is 0 Å². The van der Waals surface area contributed by atoms with Crippen LogP contribution in [0.15, 0.2) is 120 Å². The maximum Gasteiger partial charge on any atom is 0.519 e. The van der Waals surface area contributed by atoms with E-state index in [2.05, 4.69) is 111 Å². The van der Waals surface area contributed by atoms with E-state index in [1.54, 1.807) is 0 Å². The Morgan fingerprint density at radius 1 is 0.667 bits per heavy atom. The highest BCUT2D eigenvalue weighted by atomic mass is 16.3. The van der Waals surface area contributed by atoms with E-state index in [9.17, 15) is 0 Å². The van der Waals surface area contributed by atoms with Gasteiger partial charge in [0, 0.05) is 56.3 Å². The molecule has 0 fully saturated rings. The van der Waals surface area contributed by atoms with Crippen molar-refractivity contribution in [2.45, 2.75) is 0 Å². The maximum absolute atomic E-state index is 6.38. The second-order valence-corrected chi connectivity index (χ2v) is 10.4. The van der Waals surface area contributed by atoms with Crippen LogP contribution in [0.25, 0.3) is 66.3 Å². The average molecular weight is 498 g/mol. The summed E-state index contributed by atoms with van der Waals surface area (Å²) >= 11 is 0. The Hall–Kier alpha value is -5.23. The molecule has 2 aliphatic rings. The van der Waals surface area contributed by atoms with Gasteiger partial charge in [-0.05, 0) is 35.9 Å². The van der Waals surface area contributed by atoms with Gasteiger partial charge in [-0.1, -0.05) is 72.8 Å². The zero-order chi connectivity index (χ0) is 25.2. The number of anilines is 2. The van der Waals surface area contributed by atoms with E-state index in [0.717, 1.165) is 44.5 Å². The Morgan fingerprint density at radius 2 is 1.49 bits per heavy atom. The molecule has 0 aliphatic carbocycles. The molecule has 0 atom stereocenters. The van der Waals surface area contributed by atoms with Crippen LogP contribution >= 0.6 is 0 Å². The number of imidazole rings is 1. The molecular weight excluding hydrogens is 479 g/mol. The van der Waals surface area contributed by atoms with Crippen LogP contribution in [0.5, 0.6) is 0 Å². The standard InChI is InChI=1S/C33H19BN4O/c1-3-12-27-22(7-1)24-10-6-13-29-31(24)38(27)34-36-18-17-35-33(36)26-19-20(15-16-28(26)37(29)34)21-9-5-11-25-23-8-2-4-14-30(23)39-32(21)25/h1-19H. The smallest absolute Gasteiger partial charge is 0.455 e. The summed E-state index contributed by atoms with van der Waals surface area (Å²) < 4.78 is 11.2. The van der Waals surface area contributed by atoms with E-state index in [1.807, 2.05) is 18.3 Å². The van der Waals surface area contributed by atoms with Crippen molar-refractivity contribution in [2.24, 2.45) is 0 Å². The zero-order valence-corrected chi connectivity index (χ0v) is 20.7. The third-order valence-corrected chi connectivity index (χ3v) is 8.56. The van der Waals surface area contributed by atoms with E-state index in [1.165, 1.54) is 33.2 Å². The number of nitrogens with zero attached hydrogens (tertiary/aromatic N) is 4. The number of aromatic nitrogens is 3. The first-order chi connectivity index (χ1) is 19.4. The highest BCUT2D eigenvalue weighted by Crippen LogP contribution is 2.50. The van der Waals surface area contributed by atoms with Gasteiger partial charge >= 0.3 is 7.12 Å². The molecule has 0 unspecified atom stereocenters. The third kappa shape index (κ3) is 2.32. The molecule has 0 spiro atoms. The molecule has 0 amide bonds. The molecule has 0 saturated carbocycles. The summed E-state index contributed by atoms with van der Waals surface area (Å²) in [7, 11) is -0.0422. The average Bonchev–Trinajstić information content (AvgIpc) is 3.76. The molecular formula is C33H19BN4O. The lowest BCUT2D eigenvalue weighted by Crippen LogP contribution is -2.47. The molecule has 39 heavy (non-hydrogen) atoms. The van der Waals surface area contributed by atoms with Crippen LogP contribution in [0.2, 0.25) is 0 Å². The first kappa shape index (κ1) is 19.8. The molecule has 0 radical (unpaired) electrons. The summed E-state index contributed by atoms with van der Waals surface area (Å²) in [6.07, 6.45) is 4.02. The van der Waals surface area contributed by atoms with Crippen molar-refractivity contribution in [1.29, 1.82) is 0 Å². The fourth-order valence-corrected chi connectivity index (χ4v) is 6.99. The second kappa shape index (κ2) is 6.80. The van der Waals surface area contributed by atoms with Gasteiger partial charge < -0.3 is 18.2 Å². The molecule has 10 rings (SSSR count). The minimum atomic E-state index is -0.0422. The van der Waals surface area contributed by atoms with Crippen molar-refractivity contribution < 1.29 is 4.42 Å². The quantitative estimate of drug-likeness (QED) is 0.215. The normalized spacial score (nSPS) is 13.5. The summed E-state index contributed by atoms with van der Waals surface area (Å²) in [5, 5.41) is 4.86. The van der Waals surface area contributed by atoms with Crippen molar-refractivity contribution in [3.8, 4) is 22.5 Å². The van der Waals surface area contributed by atoms with Crippen LogP contribution in [0.3, 0.4) is 0 Å². The molecule has 5 nitrogen and oxygen atoms in total. The Labute approximate surface area is 223 Å². The lowest BCUT2D eigenvalue weighted by Gasteiger charge is -2.33. The number of hydrogen-bond acceptors (Lipinski definition) is 3. The monoisotopic (exact) mass is 498 g/mol. The Balaban J connectivity index is 1.24. The predicted octanol–water partition coefficient (Wildman–Crippen LogP) is 8.07. The highest BCUT2D eigenvalue weighted by Gasteiger charge is 2.46. The molecule has 0 saturated heterocycles. The number of furan rings is 1. The van der Waals surface area contributed by atoms with Crippen LogP contribution in [0.4, 0.5) is 11.4 Å². The van der Waals surface area contributed by atoms with Crippen molar-refractivity contribution in [2.75, 3.05) is 4.81 Å². The third-order valence-electron chi connectivity index (χ3n) is 8.56. The summed E-state index contributed by atoms with van der Waals surface area (Å²) in [6.45, 7) is 0. The summed E-state index contributed by atoms with van der Waals surface area (Å²) in [6, 6.07) is 36.8. The molecule has 2 aliphatic heterocycles. The van der Waals surface area contributed by atoms with Gasteiger partial charge in [0.2, 0.25) is 0 Å². The molecule has 5 heterocycles. The molecule has 6 heteroatoms. The molecule has 8 aromatic rings. The number of rotatable bonds is 1. The predicted molar refractivity (Wildman–Crippen MR) is 159 cm³/mol. The highest BCUT2D eigenvalue weighted by molar-refractivity contribution is 6.68. The topological polar surface area (TPSA) is 39.1 Å². The van der Waals surface area contributed by atoms with Crippen molar-refractivity contribution in [1.82, 2.24) is 13.9 Å². The van der Waals surface area contributed by atoms with Crippen LogP contribution in [0, 0.1) is 0 Å². The molecule has 3 aromatic heterocycles. The lowest BCUT2D eigenvalue weighted by atomic mass is 9.83. The number of benzene rings is 5. The Morgan fingerprint density at radius 3 is 2.46 bits per heavy atom. The number of hydrogen-bond donors (Lipinski definition) is 0. The first-order valence-corrected chi connectivity index (χ1v) is 13.3. The number of fused-ring (bicyclic) bond motifs is 14. The summed E-state index contributed by atoms with van der Waals surface area (Å²) in [5.74, 6) is 0.976. The van der Waals surface area contributed by atoms with Gasteiger partial charge in [0.25, 0.3) is 0 Å². The van der Waals surface area contributed by atoms with Crippen LogP contribution in [0.1, 0.15) is 0 Å². The fraction of sp³-hybridized carbons (Fsp3) is 0. The van der Waals surface area contributed by atoms with Gasteiger partial charge in [0.1, 0.15) is 17.0 Å². The van der Waals surface area contributed by atoms with Gasteiger partial charge in [0.15, 0.2) is 0 Å². The van der Waals surface area contributed by atoms with Gasteiger partial charge in [-0.2, -0.15) is 0 Å². The van der Waals surface area contributed by atoms with Crippen LogP contribution in [-0.4, -0.2) is 21.1 Å². The second-order valence-electron chi connectivity index (χ2n) is 10.4. The summed E-state index contributed by atoms with van der Waals surface area (Å²) in [4.78, 5) is 7.34. The van der Waals surface area contributed by atoms with Crippen LogP contribution in [-0.2, 0) is 0 Å². The Bertz CT molecular complexity index is 2320. The van der Waals surface area contributed by atoms with E-state index in [4.69, 9.17) is 9.40 Å². The molecule has 0 bridgehead atoms. The minimum absolute atomic E-state index is 0.0422. The van der Waals surface area contributed by atoms with E-state index in [-0.39, 0.29) is 7.12 Å². The maximum atomic E-state index is 6.38. The molecule has 5 aromatic carbocycles. The van der Waals surface area contributed by atoms with E-state index < -0.39 is 0 Å². The fourth-order valence-electron chi connectivity index (χ4n) is 6.99. The van der Waals surface area contributed by atoms with Gasteiger partial charge in [0.05, 0.1) is 11.2 Å². The van der Waals surface area contributed by atoms with Crippen molar-refractivity contribution in [3.05, 3.63) is 116 Å². The lowest BCUT2D eigenvalue weighted by molar-refractivity contribution is 0.670. The molecule has 180 valence electrons. The zero-order valence-electron chi connectivity index (χ0n) is 20.7. The van der Waals surface area contributed by atoms with E-state index >= 15 is 0 Å². The number of para-hydroxylation sites is 4. The molecule has 0 N–H and O–H groups in total. The van der Waals surface area contributed by atoms with Crippen LogP contribution < -0.4 is 4.81 Å². The summed E-state index contributed by atoms with van der Waals surface area (Å²) in [5.41, 5.74) is 10.1. The minimum Gasteiger partial charge on any atom is -0.455 e. The van der Waals surface area contributed by atoms with Gasteiger partial charge in [-0.25, -0.2) is 4.98 Å². The van der Waals surface area contributed by atoms with Gasteiger partial charge in [-0.3, -0.25) is 0 Å². The van der Waals surface area contributed by atoms with Crippen molar-refractivity contribution >= 4 is 62.2 Å². The largest absolute Gasteiger partial charge is 0.519 e. The van der Waals surface area contributed by atoms with Crippen molar-refractivity contribution in [3.63, 3.8) is 0 Å².